The van der Waals surface area contributed by atoms with E-state index in [9.17, 15) is 57.8 Å². The van der Waals surface area contributed by atoms with E-state index in [1.807, 2.05) is 0 Å². The average molecular weight is 1140 g/mol. The zero-order chi connectivity index (χ0) is 59.1. The Labute approximate surface area is 464 Å². The number of hydrogen-bond donors (Lipinski definition) is 17. The molecule has 0 aliphatic carbocycles. The highest BCUT2D eigenvalue weighted by Crippen LogP contribution is 2.13. The molecule has 0 radical (unpaired) electrons. The topological polar surface area (TPSA) is 471 Å². The zero-order valence-corrected chi connectivity index (χ0v) is 46.4. The van der Waals surface area contributed by atoms with E-state index in [0.29, 0.717) is 18.3 Å². The molecule has 0 saturated heterocycles. The van der Waals surface area contributed by atoms with Gasteiger partial charge in [0.1, 0.15) is 48.6 Å². The van der Waals surface area contributed by atoms with E-state index in [1.165, 1.54) is 6.92 Å². The lowest BCUT2D eigenvalue weighted by molar-refractivity contribution is -0.142. The first-order valence-electron chi connectivity index (χ1n) is 25.3. The Morgan fingerprint density at radius 2 is 1.05 bits per heavy atom. The van der Waals surface area contributed by atoms with Crippen molar-refractivity contribution < 1.29 is 57.8 Å². The molecule has 28 nitrogen and oxygen atoms in total. The van der Waals surface area contributed by atoms with Crippen LogP contribution >= 0.6 is 25.3 Å². The normalized spacial score (nSPS) is 15.1. The molecule has 1 aromatic rings. The number of hydrogen-bond acceptors (Lipinski definition) is 16. The lowest BCUT2D eigenvalue weighted by Crippen LogP contribution is -2.61. The number of nitrogens with one attached hydrogen (secondary N) is 9. The highest BCUT2D eigenvalue weighted by atomic mass is 32.1. The minimum Gasteiger partial charge on any atom is -0.481 e. The van der Waals surface area contributed by atoms with Crippen LogP contribution in [0.15, 0.2) is 40.3 Å². The van der Waals surface area contributed by atoms with Crippen LogP contribution in [0.3, 0.4) is 0 Å². The van der Waals surface area contributed by atoms with Crippen LogP contribution < -0.4 is 76.5 Å². The third-order valence-corrected chi connectivity index (χ3v) is 12.9. The summed E-state index contributed by atoms with van der Waals surface area (Å²) in [7, 11) is 0. The standard InChI is InChI=1S/C48H80N16O12S2/c1-6-25(3)37(45(75)58-29(22-65)23-77)63-42(72)32(16-12-18-55-48(52)53)60-44(74)34(20-36(67)68)62-46(76)38(26(4)7-2)64-41(71)31(15-11-17-54-47(50)51)59-35(66)21-56-39(69)27(5)57-43(73)33(61-40(70)30(49)24-78)19-28-13-9-8-10-14-28/h8-10,13-14,22,25-27,29-34,37-38,77-78H,6-7,11-12,15-21,23-24,49H2,1-5H3,(H,56,69)(H,57,73)(H,58,75)(H,59,66)(H,60,74)(H,61,70)(H,62,76)(H,63,72)(H,64,71)(H,67,68)(H4,50,51,54)(H4,52,53,55)/t25-,26-,27+,29+,30-,31-,32-,33-,34-,37-,38-/m0/s1. The number of carbonyl (C=O) groups excluding carboxylic acids is 10. The van der Waals surface area contributed by atoms with Crippen molar-refractivity contribution in [3.63, 3.8) is 0 Å². The third-order valence-electron chi connectivity index (χ3n) is 12.1. The molecule has 0 aliphatic rings. The summed E-state index contributed by atoms with van der Waals surface area (Å²) < 4.78 is 0. The van der Waals surface area contributed by atoms with Crippen LogP contribution in [0.1, 0.15) is 85.1 Å². The number of thiol groups is 2. The van der Waals surface area contributed by atoms with Gasteiger partial charge in [-0.2, -0.15) is 25.3 Å². The zero-order valence-electron chi connectivity index (χ0n) is 44.6. The van der Waals surface area contributed by atoms with Crippen molar-refractivity contribution in [1.29, 1.82) is 0 Å². The number of rotatable bonds is 37. The van der Waals surface area contributed by atoms with Crippen LogP contribution in [0.2, 0.25) is 0 Å². The van der Waals surface area contributed by atoms with E-state index < -0.39 is 138 Å². The number of carboxylic acid groups (broad SMARTS) is 1. The van der Waals surface area contributed by atoms with Crippen molar-refractivity contribution in [3.05, 3.63) is 35.9 Å². The van der Waals surface area contributed by atoms with Crippen molar-refractivity contribution in [2.75, 3.05) is 31.1 Å². The van der Waals surface area contributed by atoms with Gasteiger partial charge in [0.25, 0.3) is 0 Å². The van der Waals surface area contributed by atoms with Crippen LogP contribution in [0, 0.1) is 11.8 Å². The van der Waals surface area contributed by atoms with Gasteiger partial charge >= 0.3 is 5.97 Å². The molecule has 1 aromatic carbocycles. The van der Waals surface area contributed by atoms with Gasteiger partial charge < -0.3 is 86.4 Å². The van der Waals surface area contributed by atoms with E-state index in [0.717, 1.165) is 0 Å². The molecular weight excluding hydrogens is 1060 g/mol. The van der Waals surface area contributed by atoms with Gasteiger partial charge in [-0.05, 0) is 50.0 Å². The van der Waals surface area contributed by atoms with Gasteiger partial charge in [-0.1, -0.05) is 70.9 Å². The van der Waals surface area contributed by atoms with Crippen molar-refractivity contribution in [2.45, 2.75) is 140 Å². The second-order valence-electron chi connectivity index (χ2n) is 18.4. The summed E-state index contributed by atoms with van der Waals surface area (Å²) in [5, 5.41) is 32.4. The van der Waals surface area contributed by atoms with Crippen LogP contribution in [0.25, 0.3) is 0 Å². The molecule has 0 unspecified atom stereocenters. The monoisotopic (exact) mass is 1140 g/mol. The Hall–Kier alpha value is -7.21. The molecule has 20 N–H and O–H groups in total. The van der Waals surface area contributed by atoms with Crippen LogP contribution in [0.5, 0.6) is 0 Å². The Kier molecular flexibility index (Phi) is 32.4. The minimum absolute atomic E-state index is 0.0000173. The van der Waals surface area contributed by atoms with Crippen molar-refractivity contribution in [2.24, 2.45) is 50.5 Å². The molecule has 0 heterocycles. The number of carbonyl (C=O) groups is 11. The number of guanidine groups is 2. The Morgan fingerprint density at radius 3 is 1.51 bits per heavy atom. The summed E-state index contributed by atoms with van der Waals surface area (Å²) in [4.78, 5) is 153. The van der Waals surface area contributed by atoms with Crippen LogP contribution in [0.4, 0.5) is 0 Å². The lowest BCUT2D eigenvalue weighted by Gasteiger charge is -2.29. The molecule has 0 fully saturated rings. The molecule has 0 bridgehead atoms. The number of aliphatic carboxylic acids is 1. The smallest absolute Gasteiger partial charge is 0.305 e. The summed E-state index contributed by atoms with van der Waals surface area (Å²) >= 11 is 8.10. The highest BCUT2D eigenvalue weighted by Gasteiger charge is 2.36. The molecule has 0 aliphatic heterocycles. The summed E-state index contributed by atoms with van der Waals surface area (Å²) in [6.07, 6.45) is 0.140. The SMILES string of the molecule is CC[C@H](C)[C@H](NC(=O)[C@H](CCCN=C(N)N)NC(=O)[C@H](CC(=O)O)NC(=O)[C@@H](NC(=O)[C@H](CCCN=C(N)N)NC(=O)CNC(=O)[C@@H](C)NC(=O)[C@H](Cc1ccccc1)NC(=O)[C@@H](N)CS)[C@@H](C)CC)C(=O)N[C@H](C=O)CS. The molecular formula is C48H80N16O12S2. The van der Waals surface area contributed by atoms with Gasteiger partial charge in [-0.25, -0.2) is 0 Å². The predicted molar refractivity (Wildman–Crippen MR) is 297 cm³/mol. The summed E-state index contributed by atoms with van der Waals surface area (Å²) in [6.45, 7) is 7.36. The molecule has 0 saturated carbocycles. The Bertz CT molecular complexity index is 2240. The van der Waals surface area contributed by atoms with Crippen LogP contribution in [-0.2, 0) is 59.2 Å². The molecule has 11 atom stereocenters. The number of aldehydes is 1. The minimum atomic E-state index is -1.85. The fourth-order valence-corrected chi connectivity index (χ4v) is 7.48. The summed E-state index contributed by atoms with van der Waals surface area (Å²) in [5.74, 6) is -10.9. The lowest BCUT2D eigenvalue weighted by atomic mass is 9.96. The fourth-order valence-electron chi connectivity index (χ4n) is 7.14. The second-order valence-corrected chi connectivity index (χ2v) is 19.1. The number of nitrogens with zero attached hydrogens (tertiary/aromatic N) is 2. The molecule has 0 aromatic heterocycles. The van der Waals surface area contributed by atoms with Gasteiger partial charge in [0, 0.05) is 31.0 Å². The quantitative estimate of drug-likeness (QED) is 0.00979. The molecule has 436 valence electrons. The van der Waals surface area contributed by atoms with Gasteiger partial charge in [0.15, 0.2) is 11.9 Å². The van der Waals surface area contributed by atoms with Crippen LogP contribution in [-0.4, -0.2) is 168 Å². The largest absolute Gasteiger partial charge is 0.481 e. The van der Waals surface area contributed by atoms with Gasteiger partial charge in [0.2, 0.25) is 53.2 Å². The van der Waals surface area contributed by atoms with E-state index in [4.69, 9.17) is 28.7 Å². The van der Waals surface area contributed by atoms with E-state index in [-0.39, 0.29) is 75.0 Å². The Morgan fingerprint density at radius 1 is 0.590 bits per heavy atom. The summed E-state index contributed by atoms with van der Waals surface area (Å²) in [6, 6.07) is -2.99. The number of carboxylic acids is 1. The first-order chi connectivity index (χ1) is 36.8. The van der Waals surface area contributed by atoms with Crippen molar-refractivity contribution in [1.82, 2.24) is 47.9 Å². The van der Waals surface area contributed by atoms with Gasteiger partial charge in [-0.3, -0.25) is 57.9 Å². The van der Waals surface area contributed by atoms with Gasteiger partial charge in [0.05, 0.1) is 25.0 Å². The maximum Gasteiger partial charge on any atom is 0.305 e. The van der Waals surface area contributed by atoms with E-state index in [1.54, 1.807) is 58.0 Å². The number of benzene rings is 1. The van der Waals surface area contributed by atoms with E-state index in [2.05, 4.69) is 83.1 Å². The molecule has 30 heteroatoms. The molecule has 0 spiro atoms. The Balaban J connectivity index is 3.39. The highest BCUT2D eigenvalue weighted by molar-refractivity contribution is 7.80. The fraction of sp³-hybridized carbons (Fsp3) is 0.604. The first-order valence-corrected chi connectivity index (χ1v) is 26.6. The second kappa shape index (κ2) is 36.8. The first kappa shape index (κ1) is 68.8. The number of nitrogens with two attached hydrogens (primary N) is 5. The average Bonchev–Trinajstić information content (AvgIpc) is 3.40. The molecule has 9 amide bonds. The maximum absolute atomic E-state index is 14.1. The van der Waals surface area contributed by atoms with Crippen molar-refractivity contribution >= 4 is 103 Å². The van der Waals surface area contributed by atoms with Crippen molar-refractivity contribution in [3.8, 4) is 0 Å². The predicted octanol–water partition coefficient (Wildman–Crippen LogP) is -4.70. The maximum atomic E-state index is 14.1. The number of amides is 9. The molecule has 1 rings (SSSR count). The molecule has 78 heavy (non-hydrogen) atoms. The summed E-state index contributed by atoms with van der Waals surface area (Å²) in [5.41, 5.74) is 28.3. The number of aliphatic imine (C=N–C) groups is 2. The van der Waals surface area contributed by atoms with Gasteiger partial charge in [-0.15, -0.1) is 0 Å². The third kappa shape index (κ3) is 26.2. The van der Waals surface area contributed by atoms with E-state index >= 15 is 0 Å².